The molecule has 2 rings (SSSR count). The molecule has 0 unspecified atom stereocenters. The highest BCUT2D eigenvalue weighted by molar-refractivity contribution is 5.57. The maximum Gasteiger partial charge on any atom is 0.150 e. The van der Waals surface area contributed by atoms with Gasteiger partial charge in [0.15, 0.2) is 0 Å². The van der Waals surface area contributed by atoms with E-state index in [1.165, 1.54) is 0 Å². The highest BCUT2D eigenvalue weighted by Crippen LogP contribution is 2.14. The van der Waals surface area contributed by atoms with E-state index < -0.39 is 0 Å². The quantitative estimate of drug-likeness (QED) is 0.790. The summed E-state index contributed by atoms with van der Waals surface area (Å²) in [6.45, 7) is 0. The molecule has 0 saturated heterocycles. The van der Waals surface area contributed by atoms with Crippen molar-refractivity contribution in [2.24, 2.45) is 0 Å². The third kappa shape index (κ3) is 2.40. The molecule has 76 valence electrons. The first-order valence-corrected chi connectivity index (χ1v) is 4.55. The molecule has 0 saturated carbocycles. The summed E-state index contributed by atoms with van der Waals surface area (Å²) in [4.78, 5) is 12.2. The second kappa shape index (κ2) is 4.36. The molecule has 5 nitrogen and oxygen atoms in total. The average Bonchev–Trinajstić information content (AvgIpc) is 2.31. The Kier molecular flexibility index (Phi) is 2.73. The molecular formula is C10H11N5. The van der Waals surface area contributed by atoms with Gasteiger partial charge >= 0.3 is 0 Å². The molecule has 0 fully saturated rings. The zero-order valence-electron chi connectivity index (χ0n) is 8.31. The van der Waals surface area contributed by atoms with Crippen LogP contribution in [-0.4, -0.2) is 22.0 Å². The van der Waals surface area contributed by atoms with Crippen LogP contribution in [0.3, 0.4) is 0 Å². The summed E-state index contributed by atoms with van der Waals surface area (Å²) in [7, 11) is 1.86. The molecule has 2 aromatic heterocycles. The van der Waals surface area contributed by atoms with Gasteiger partial charge in [-0.2, -0.15) is 0 Å². The van der Waals surface area contributed by atoms with Gasteiger partial charge in [-0.05, 0) is 6.07 Å². The zero-order chi connectivity index (χ0) is 10.5. The standard InChI is InChI=1S/C10H11N5/c1-11-8-2-3-13-9(6-8)15-10-7-12-4-5-14-10/h2-7H,1H3,(H2,11,13,14,15). The fourth-order valence-electron chi connectivity index (χ4n) is 1.15. The van der Waals surface area contributed by atoms with Crippen molar-refractivity contribution < 1.29 is 0 Å². The zero-order valence-corrected chi connectivity index (χ0v) is 8.31. The van der Waals surface area contributed by atoms with Crippen molar-refractivity contribution in [3.63, 3.8) is 0 Å². The van der Waals surface area contributed by atoms with Gasteiger partial charge in [0.25, 0.3) is 0 Å². The minimum Gasteiger partial charge on any atom is -0.388 e. The molecule has 15 heavy (non-hydrogen) atoms. The summed E-state index contributed by atoms with van der Waals surface area (Å²) in [6.07, 6.45) is 6.63. The molecule has 0 aliphatic rings. The maximum absolute atomic E-state index is 4.16. The highest BCUT2D eigenvalue weighted by atomic mass is 15.1. The van der Waals surface area contributed by atoms with Crippen molar-refractivity contribution in [2.75, 3.05) is 17.7 Å². The van der Waals surface area contributed by atoms with Crippen molar-refractivity contribution in [3.8, 4) is 0 Å². The lowest BCUT2D eigenvalue weighted by Crippen LogP contribution is -1.97. The van der Waals surface area contributed by atoms with E-state index in [1.54, 1.807) is 24.8 Å². The monoisotopic (exact) mass is 201 g/mol. The van der Waals surface area contributed by atoms with Gasteiger partial charge in [0, 0.05) is 37.4 Å². The number of aromatic nitrogens is 3. The number of hydrogen-bond donors (Lipinski definition) is 2. The molecule has 0 radical (unpaired) electrons. The SMILES string of the molecule is CNc1ccnc(Nc2cnccn2)c1. The summed E-state index contributed by atoms with van der Waals surface area (Å²) >= 11 is 0. The number of nitrogens with one attached hydrogen (secondary N) is 2. The average molecular weight is 201 g/mol. The number of rotatable bonds is 3. The van der Waals surface area contributed by atoms with Crippen molar-refractivity contribution in [2.45, 2.75) is 0 Å². The smallest absolute Gasteiger partial charge is 0.150 e. The van der Waals surface area contributed by atoms with E-state index in [0.29, 0.717) is 5.82 Å². The van der Waals surface area contributed by atoms with E-state index in [-0.39, 0.29) is 0 Å². The van der Waals surface area contributed by atoms with Crippen molar-refractivity contribution in [1.82, 2.24) is 15.0 Å². The first kappa shape index (κ1) is 9.39. The minimum absolute atomic E-state index is 0.679. The van der Waals surface area contributed by atoms with Gasteiger partial charge in [-0.15, -0.1) is 0 Å². The molecule has 0 aliphatic heterocycles. The van der Waals surface area contributed by atoms with Crippen LogP contribution in [-0.2, 0) is 0 Å². The molecule has 0 aliphatic carbocycles. The lowest BCUT2D eigenvalue weighted by Gasteiger charge is -2.05. The summed E-state index contributed by atoms with van der Waals surface area (Å²) in [5.41, 5.74) is 0.997. The molecular weight excluding hydrogens is 190 g/mol. The first-order chi connectivity index (χ1) is 7.38. The van der Waals surface area contributed by atoms with Crippen LogP contribution < -0.4 is 10.6 Å². The van der Waals surface area contributed by atoms with Gasteiger partial charge in [0.05, 0.1) is 6.20 Å². The number of nitrogens with zero attached hydrogens (tertiary/aromatic N) is 3. The molecule has 0 amide bonds. The van der Waals surface area contributed by atoms with Gasteiger partial charge in [0.2, 0.25) is 0 Å². The Morgan fingerprint density at radius 2 is 1.93 bits per heavy atom. The van der Waals surface area contributed by atoms with Crippen molar-refractivity contribution in [3.05, 3.63) is 36.9 Å². The fraction of sp³-hybridized carbons (Fsp3) is 0.100. The van der Waals surface area contributed by atoms with Crippen LogP contribution in [0.15, 0.2) is 36.9 Å². The van der Waals surface area contributed by atoms with Crippen LogP contribution in [0.1, 0.15) is 0 Å². The number of anilines is 3. The number of hydrogen-bond acceptors (Lipinski definition) is 5. The normalized spacial score (nSPS) is 9.67. The van der Waals surface area contributed by atoms with Gasteiger partial charge in [0.1, 0.15) is 11.6 Å². The van der Waals surface area contributed by atoms with E-state index in [4.69, 9.17) is 0 Å². The van der Waals surface area contributed by atoms with Crippen LogP contribution in [0.25, 0.3) is 0 Å². The van der Waals surface area contributed by atoms with Crippen LogP contribution >= 0.6 is 0 Å². The van der Waals surface area contributed by atoms with Gasteiger partial charge in [-0.3, -0.25) is 4.98 Å². The van der Waals surface area contributed by atoms with E-state index in [9.17, 15) is 0 Å². The Hall–Kier alpha value is -2.17. The van der Waals surface area contributed by atoms with E-state index in [2.05, 4.69) is 25.6 Å². The van der Waals surface area contributed by atoms with E-state index >= 15 is 0 Å². The Morgan fingerprint density at radius 3 is 2.67 bits per heavy atom. The first-order valence-electron chi connectivity index (χ1n) is 4.55. The Morgan fingerprint density at radius 1 is 1.07 bits per heavy atom. The molecule has 2 aromatic rings. The summed E-state index contributed by atoms with van der Waals surface area (Å²) in [5.74, 6) is 1.42. The van der Waals surface area contributed by atoms with Gasteiger partial charge < -0.3 is 10.6 Å². The summed E-state index contributed by atoms with van der Waals surface area (Å²) < 4.78 is 0. The topological polar surface area (TPSA) is 62.7 Å². The van der Waals surface area contributed by atoms with Gasteiger partial charge in [-0.25, -0.2) is 9.97 Å². The fourth-order valence-corrected chi connectivity index (χ4v) is 1.15. The van der Waals surface area contributed by atoms with Crippen molar-refractivity contribution in [1.29, 1.82) is 0 Å². The molecule has 5 heteroatoms. The van der Waals surface area contributed by atoms with E-state index in [1.807, 2.05) is 19.2 Å². The predicted molar refractivity (Wildman–Crippen MR) is 59.1 cm³/mol. The molecule has 2 heterocycles. The lowest BCUT2D eigenvalue weighted by atomic mass is 10.4. The Balaban J connectivity index is 2.17. The van der Waals surface area contributed by atoms with Crippen LogP contribution in [0.5, 0.6) is 0 Å². The van der Waals surface area contributed by atoms with Crippen LogP contribution in [0, 0.1) is 0 Å². The third-order valence-corrected chi connectivity index (χ3v) is 1.87. The largest absolute Gasteiger partial charge is 0.388 e. The molecule has 0 atom stereocenters. The Labute approximate surface area is 87.6 Å². The predicted octanol–water partition coefficient (Wildman–Crippen LogP) is 1.66. The molecule has 2 N–H and O–H groups in total. The van der Waals surface area contributed by atoms with E-state index in [0.717, 1.165) is 11.5 Å². The maximum atomic E-state index is 4.16. The van der Waals surface area contributed by atoms with Gasteiger partial charge in [-0.1, -0.05) is 0 Å². The summed E-state index contributed by atoms with van der Waals surface area (Å²) in [6, 6.07) is 3.79. The highest BCUT2D eigenvalue weighted by Gasteiger charge is 1.97. The number of pyridine rings is 1. The van der Waals surface area contributed by atoms with Crippen molar-refractivity contribution >= 4 is 17.3 Å². The Bertz CT molecular complexity index is 429. The minimum atomic E-state index is 0.679. The van der Waals surface area contributed by atoms with Crippen LogP contribution in [0.4, 0.5) is 17.3 Å². The molecule has 0 spiro atoms. The summed E-state index contributed by atoms with van der Waals surface area (Å²) in [5, 5.41) is 6.09. The van der Waals surface area contributed by atoms with Crippen LogP contribution in [0.2, 0.25) is 0 Å². The lowest BCUT2D eigenvalue weighted by molar-refractivity contribution is 1.18. The second-order valence-corrected chi connectivity index (χ2v) is 2.90. The second-order valence-electron chi connectivity index (χ2n) is 2.90. The molecule has 0 bridgehead atoms. The third-order valence-electron chi connectivity index (χ3n) is 1.87. The molecule has 0 aromatic carbocycles.